The molecule has 3 atom stereocenters. The Hall–Kier alpha value is -2.17. The molecule has 37 heavy (non-hydrogen) atoms. The Kier molecular flexibility index (Phi) is 11.7. The number of hydrogen-bond donors (Lipinski definition) is 4. The van der Waals surface area contributed by atoms with E-state index in [1.54, 1.807) is 17.0 Å². The van der Waals surface area contributed by atoms with E-state index in [4.69, 9.17) is 21.4 Å². The van der Waals surface area contributed by atoms with E-state index in [0.29, 0.717) is 44.0 Å². The molecule has 1 aliphatic carbocycles. The van der Waals surface area contributed by atoms with Gasteiger partial charge in [0.2, 0.25) is 0 Å². The smallest absolute Gasteiger partial charge is 0.404 e. The fourth-order valence-electron chi connectivity index (χ4n) is 5.47. The summed E-state index contributed by atoms with van der Waals surface area (Å²) in [6.45, 7) is 1.67. The second-order valence-electron chi connectivity index (χ2n) is 10.1. The molecule has 1 saturated carbocycles. The van der Waals surface area contributed by atoms with Gasteiger partial charge in [0.1, 0.15) is 12.0 Å². The highest BCUT2D eigenvalue weighted by Gasteiger charge is 2.34. The minimum absolute atomic E-state index is 0.0168. The second-order valence-corrected chi connectivity index (χ2v) is 10.5. The Balaban J connectivity index is 1.65. The van der Waals surface area contributed by atoms with Crippen LogP contribution in [0.5, 0.6) is 0 Å². The van der Waals surface area contributed by atoms with Crippen LogP contribution in [0.4, 0.5) is 18.4 Å². The van der Waals surface area contributed by atoms with Crippen molar-refractivity contribution in [2.75, 3.05) is 39.8 Å². The highest BCUT2D eigenvalue weighted by Crippen LogP contribution is 2.36. The lowest BCUT2D eigenvalue weighted by molar-refractivity contribution is -0.0104. The predicted molar refractivity (Wildman–Crippen MR) is 138 cm³/mol. The molecule has 0 spiro atoms. The standard InChI is InChI=1S/C26H39ClF2N4O4/c1-30-15-20(14-17-7-9-19(28)10-8-17)32-25(34)33-12-3-4-18(16-33)24(37-13-11-31-26(35)36)21-5-2-6-22(27)23(21)29/h2,5-6,17-20,24,30-31H,3-4,7-16H2,1H3,(H,32,34)(H,35,36)/t17?,18-,19?,20+,24?/m1/s1. The summed E-state index contributed by atoms with van der Waals surface area (Å²) >= 11 is 6.03. The molecule has 0 radical (unpaired) electrons. The van der Waals surface area contributed by atoms with Gasteiger partial charge in [0.15, 0.2) is 0 Å². The van der Waals surface area contributed by atoms with Gasteiger partial charge in [0.25, 0.3) is 0 Å². The number of likely N-dealkylation sites (N-methyl/N-ethyl adjacent to an activating group) is 1. The van der Waals surface area contributed by atoms with Gasteiger partial charge >= 0.3 is 12.1 Å². The average Bonchev–Trinajstić information content (AvgIpc) is 2.87. The quantitative estimate of drug-likeness (QED) is 0.302. The first-order valence-corrected chi connectivity index (χ1v) is 13.5. The summed E-state index contributed by atoms with van der Waals surface area (Å²) in [4.78, 5) is 25.8. The first-order chi connectivity index (χ1) is 17.8. The highest BCUT2D eigenvalue weighted by atomic mass is 35.5. The van der Waals surface area contributed by atoms with Crippen molar-refractivity contribution in [3.8, 4) is 0 Å². The van der Waals surface area contributed by atoms with E-state index in [0.717, 1.165) is 32.1 Å². The fourth-order valence-corrected chi connectivity index (χ4v) is 5.65. The Labute approximate surface area is 222 Å². The lowest BCUT2D eigenvalue weighted by Crippen LogP contribution is -2.52. The van der Waals surface area contributed by atoms with Crippen LogP contribution in [0.15, 0.2) is 18.2 Å². The third-order valence-corrected chi connectivity index (χ3v) is 7.60. The zero-order valence-electron chi connectivity index (χ0n) is 21.4. The Morgan fingerprint density at radius 1 is 1.24 bits per heavy atom. The predicted octanol–water partition coefficient (Wildman–Crippen LogP) is 4.73. The SMILES string of the molecule is CNC[C@H](CC1CCC(F)CC1)NC(=O)N1CCC[C@@H](C(OCCNC(=O)O)c2cccc(Cl)c2F)C1. The third-order valence-electron chi connectivity index (χ3n) is 7.31. The van der Waals surface area contributed by atoms with Crippen molar-refractivity contribution < 1.29 is 28.2 Å². The van der Waals surface area contributed by atoms with Gasteiger partial charge in [-0.1, -0.05) is 23.7 Å². The molecular formula is C26H39ClF2N4O4. The van der Waals surface area contributed by atoms with Crippen LogP contribution < -0.4 is 16.0 Å². The van der Waals surface area contributed by atoms with E-state index in [1.165, 1.54) is 6.07 Å². The molecule has 1 saturated heterocycles. The molecule has 2 aliphatic rings. The van der Waals surface area contributed by atoms with Crippen molar-refractivity contribution in [3.05, 3.63) is 34.6 Å². The van der Waals surface area contributed by atoms with Gasteiger partial charge < -0.3 is 30.7 Å². The first-order valence-electron chi connectivity index (χ1n) is 13.1. The molecule has 4 N–H and O–H groups in total. The Bertz CT molecular complexity index is 888. The molecule has 1 heterocycles. The molecule has 2 fully saturated rings. The zero-order valence-corrected chi connectivity index (χ0v) is 22.1. The molecule has 3 rings (SSSR count). The maximum atomic E-state index is 15.0. The largest absolute Gasteiger partial charge is 0.465 e. The molecule has 0 bridgehead atoms. The van der Waals surface area contributed by atoms with E-state index in [2.05, 4.69) is 16.0 Å². The third kappa shape index (κ3) is 8.97. The number of nitrogens with zero attached hydrogens (tertiary/aromatic N) is 1. The van der Waals surface area contributed by atoms with Gasteiger partial charge in [0, 0.05) is 43.7 Å². The number of hydrogen-bond acceptors (Lipinski definition) is 4. The van der Waals surface area contributed by atoms with Crippen LogP contribution in [0.2, 0.25) is 5.02 Å². The van der Waals surface area contributed by atoms with Crippen LogP contribution in [-0.2, 0) is 4.74 Å². The summed E-state index contributed by atoms with van der Waals surface area (Å²) in [6, 6.07) is 4.48. The lowest BCUT2D eigenvalue weighted by atomic mass is 9.84. The Morgan fingerprint density at radius 2 is 2.00 bits per heavy atom. The molecule has 1 aromatic rings. The lowest BCUT2D eigenvalue weighted by Gasteiger charge is -2.38. The minimum Gasteiger partial charge on any atom is -0.465 e. The van der Waals surface area contributed by atoms with E-state index < -0.39 is 24.2 Å². The number of piperidine rings is 1. The molecule has 11 heteroatoms. The molecule has 1 aliphatic heterocycles. The molecule has 1 unspecified atom stereocenters. The van der Waals surface area contributed by atoms with Crippen molar-refractivity contribution in [2.24, 2.45) is 11.8 Å². The number of benzene rings is 1. The molecule has 0 aromatic heterocycles. The zero-order chi connectivity index (χ0) is 26.8. The van der Waals surface area contributed by atoms with Crippen LogP contribution in [0.25, 0.3) is 0 Å². The van der Waals surface area contributed by atoms with Gasteiger partial charge in [0.05, 0.1) is 17.7 Å². The Morgan fingerprint density at radius 3 is 2.70 bits per heavy atom. The number of urea groups is 1. The summed E-state index contributed by atoms with van der Waals surface area (Å²) in [5.74, 6) is -0.373. The van der Waals surface area contributed by atoms with Crippen LogP contribution in [0.1, 0.15) is 56.6 Å². The number of ether oxygens (including phenoxy) is 1. The van der Waals surface area contributed by atoms with Gasteiger partial charge in [-0.15, -0.1) is 0 Å². The number of alkyl halides is 1. The van der Waals surface area contributed by atoms with Gasteiger partial charge in [-0.25, -0.2) is 18.4 Å². The van der Waals surface area contributed by atoms with Crippen LogP contribution in [-0.4, -0.2) is 74.2 Å². The summed E-state index contributed by atoms with van der Waals surface area (Å²) in [5, 5.41) is 17.4. The molecule has 3 amide bonds. The normalized spacial score (nSPS) is 23.8. The number of carbonyl (C=O) groups is 2. The summed E-state index contributed by atoms with van der Waals surface area (Å²) in [7, 11) is 1.84. The van der Waals surface area contributed by atoms with Crippen molar-refractivity contribution in [2.45, 2.75) is 63.3 Å². The molecule has 1 aromatic carbocycles. The monoisotopic (exact) mass is 544 g/mol. The van der Waals surface area contributed by atoms with Crippen molar-refractivity contribution in [1.82, 2.24) is 20.9 Å². The summed E-state index contributed by atoms with van der Waals surface area (Å²) in [5.41, 5.74) is 0.298. The van der Waals surface area contributed by atoms with E-state index in [1.807, 2.05) is 7.05 Å². The van der Waals surface area contributed by atoms with E-state index in [9.17, 15) is 18.4 Å². The number of carbonyl (C=O) groups excluding carboxylic acids is 1. The van der Waals surface area contributed by atoms with Crippen LogP contribution in [0, 0.1) is 17.7 Å². The topological polar surface area (TPSA) is 103 Å². The fraction of sp³-hybridized carbons (Fsp3) is 0.692. The second kappa shape index (κ2) is 14.7. The van der Waals surface area contributed by atoms with E-state index in [-0.39, 0.29) is 36.2 Å². The first kappa shape index (κ1) is 29.4. The highest BCUT2D eigenvalue weighted by molar-refractivity contribution is 6.30. The number of nitrogens with one attached hydrogen (secondary N) is 3. The van der Waals surface area contributed by atoms with Crippen molar-refractivity contribution in [1.29, 1.82) is 0 Å². The maximum absolute atomic E-state index is 15.0. The molecule has 8 nitrogen and oxygen atoms in total. The number of carboxylic acid groups (broad SMARTS) is 1. The molecular weight excluding hydrogens is 506 g/mol. The van der Waals surface area contributed by atoms with Crippen LogP contribution >= 0.6 is 11.6 Å². The maximum Gasteiger partial charge on any atom is 0.404 e. The van der Waals surface area contributed by atoms with Gasteiger partial charge in [-0.05, 0) is 64.0 Å². The van der Waals surface area contributed by atoms with Gasteiger partial charge in [-0.3, -0.25) is 0 Å². The number of amides is 3. The minimum atomic E-state index is -1.16. The molecule has 208 valence electrons. The van der Waals surface area contributed by atoms with Gasteiger partial charge in [-0.2, -0.15) is 0 Å². The number of halogens is 3. The van der Waals surface area contributed by atoms with E-state index >= 15 is 0 Å². The van der Waals surface area contributed by atoms with Crippen molar-refractivity contribution in [3.63, 3.8) is 0 Å². The van der Waals surface area contributed by atoms with Crippen molar-refractivity contribution >= 4 is 23.7 Å². The number of likely N-dealkylation sites (tertiary alicyclic amines) is 1. The number of rotatable bonds is 11. The average molecular weight is 545 g/mol. The summed E-state index contributed by atoms with van der Waals surface area (Å²) in [6.07, 6.45) is 2.53. The summed E-state index contributed by atoms with van der Waals surface area (Å²) < 4.78 is 34.5. The van der Waals surface area contributed by atoms with Crippen LogP contribution in [0.3, 0.4) is 0 Å².